The molecule has 4 aromatic rings. The van der Waals surface area contributed by atoms with Gasteiger partial charge in [-0.15, -0.1) is 0 Å². The highest BCUT2D eigenvalue weighted by molar-refractivity contribution is 7.53. The van der Waals surface area contributed by atoms with E-state index in [1.165, 1.54) is 0 Å². The van der Waals surface area contributed by atoms with Crippen molar-refractivity contribution in [3.63, 3.8) is 0 Å². The SMILES string of the molecule is CCOP(=O)(COCC1CCC(n2c(=O)c(-c3ccc(OC)nc3)cc3c(C)nc(-n4c(C)ccc4C)nc32)CC1)OCC. The number of aryl methyl sites for hydroxylation is 3. The molecule has 1 fully saturated rings. The molecule has 0 unspecified atom stereocenters. The Bertz CT molecular complexity index is 1680. The summed E-state index contributed by atoms with van der Waals surface area (Å²) in [6.07, 6.45) is 4.87. The van der Waals surface area contributed by atoms with Crippen molar-refractivity contribution in [2.75, 3.05) is 33.3 Å². The van der Waals surface area contributed by atoms with E-state index in [1.807, 2.05) is 54.2 Å². The molecule has 0 spiro atoms. The van der Waals surface area contributed by atoms with Crippen LogP contribution in [0.4, 0.5) is 0 Å². The molecule has 11 nitrogen and oxygen atoms in total. The molecular formula is C32H42N5O6P. The van der Waals surface area contributed by atoms with E-state index in [2.05, 4.69) is 4.98 Å². The fourth-order valence-electron chi connectivity index (χ4n) is 6.03. The Labute approximate surface area is 258 Å². The van der Waals surface area contributed by atoms with Gasteiger partial charge in [0.15, 0.2) is 0 Å². The minimum Gasteiger partial charge on any atom is -0.481 e. The summed E-state index contributed by atoms with van der Waals surface area (Å²) in [7, 11) is -1.69. The van der Waals surface area contributed by atoms with Crippen LogP contribution < -0.4 is 10.3 Å². The van der Waals surface area contributed by atoms with E-state index in [1.54, 1.807) is 33.2 Å². The van der Waals surface area contributed by atoms with Crippen LogP contribution in [0.25, 0.3) is 28.1 Å². The summed E-state index contributed by atoms with van der Waals surface area (Å²) < 4.78 is 38.5. The van der Waals surface area contributed by atoms with Crippen LogP contribution in [0.5, 0.6) is 5.88 Å². The summed E-state index contributed by atoms with van der Waals surface area (Å²) in [4.78, 5) is 28.6. The predicted octanol–water partition coefficient (Wildman–Crippen LogP) is 6.55. The van der Waals surface area contributed by atoms with Crippen LogP contribution in [-0.4, -0.2) is 57.4 Å². The first kappa shape index (κ1) is 32.0. The Hall–Kier alpha value is -3.37. The van der Waals surface area contributed by atoms with Gasteiger partial charge in [0, 0.05) is 46.2 Å². The smallest absolute Gasteiger partial charge is 0.356 e. The molecule has 0 atom stereocenters. The molecule has 0 radical (unpaired) electrons. The normalized spacial score (nSPS) is 17.3. The second-order valence-corrected chi connectivity index (χ2v) is 13.2. The van der Waals surface area contributed by atoms with Gasteiger partial charge in [0.1, 0.15) is 12.0 Å². The Morgan fingerprint density at radius 1 is 0.955 bits per heavy atom. The molecule has 0 aromatic carbocycles. The van der Waals surface area contributed by atoms with Gasteiger partial charge in [-0.25, -0.2) is 9.97 Å². The van der Waals surface area contributed by atoms with E-state index in [9.17, 15) is 9.36 Å². The molecule has 44 heavy (non-hydrogen) atoms. The Balaban J connectivity index is 1.48. The second-order valence-electron chi connectivity index (χ2n) is 11.2. The zero-order chi connectivity index (χ0) is 31.4. The second kappa shape index (κ2) is 13.7. The lowest BCUT2D eigenvalue weighted by atomic mass is 9.86. The molecule has 0 amide bonds. The van der Waals surface area contributed by atoms with Gasteiger partial charge in [-0.3, -0.25) is 18.5 Å². The summed E-state index contributed by atoms with van der Waals surface area (Å²) in [5, 5.41) is 0.828. The largest absolute Gasteiger partial charge is 0.481 e. The van der Waals surface area contributed by atoms with Crippen LogP contribution in [0.3, 0.4) is 0 Å². The van der Waals surface area contributed by atoms with Crippen LogP contribution in [0.2, 0.25) is 0 Å². The number of hydrogen-bond donors (Lipinski definition) is 0. The summed E-state index contributed by atoms with van der Waals surface area (Å²) in [6.45, 7) is 10.6. The molecule has 0 bridgehead atoms. The molecular weight excluding hydrogens is 581 g/mol. The lowest BCUT2D eigenvalue weighted by Gasteiger charge is -2.31. The number of fused-ring (bicyclic) bond motifs is 1. The van der Waals surface area contributed by atoms with Gasteiger partial charge in [0.2, 0.25) is 11.8 Å². The number of nitrogens with zero attached hydrogens (tertiary/aromatic N) is 5. The van der Waals surface area contributed by atoms with Crippen molar-refractivity contribution in [3.8, 4) is 23.0 Å². The van der Waals surface area contributed by atoms with Crippen LogP contribution in [0, 0.1) is 26.7 Å². The van der Waals surface area contributed by atoms with E-state index < -0.39 is 7.60 Å². The monoisotopic (exact) mass is 623 g/mol. The summed E-state index contributed by atoms with van der Waals surface area (Å²) in [6, 6.07) is 9.52. The number of pyridine rings is 2. The molecule has 1 saturated carbocycles. The van der Waals surface area contributed by atoms with Crippen LogP contribution in [0.1, 0.15) is 62.7 Å². The first-order chi connectivity index (χ1) is 21.2. The molecule has 5 rings (SSSR count). The fourth-order valence-corrected chi connectivity index (χ4v) is 7.37. The highest BCUT2D eigenvalue weighted by atomic mass is 31.2. The molecule has 12 heteroatoms. The van der Waals surface area contributed by atoms with Crippen LogP contribution in [-0.2, 0) is 18.3 Å². The van der Waals surface area contributed by atoms with E-state index in [0.29, 0.717) is 48.4 Å². The number of methoxy groups -OCH3 is 1. The van der Waals surface area contributed by atoms with E-state index in [-0.39, 0.29) is 23.9 Å². The zero-order valence-electron chi connectivity index (χ0n) is 26.4. The van der Waals surface area contributed by atoms with Crippen molar-refractivity contribution < 1.29 is 23.1 Å². The predicted molar refractivity (Wildman–Crippen MR) is 170 cm³/mol. The molecule has 0 N–H and O–H groups in total. The van der Waals surface area contributed by atoms with Gasteiger partial charge >= 0.3 is 7.60 Å². The molecule has 4 aromatic heterocycles. The van der Waals surface area contributed by atoms with Gasteiger partial charge in [0.25, 0.3) is 5.56 Å². The van der Waals surface area contributed by atoms with Crippen LogP contribution in [0.15, 0.2) is 41.3 Å². The van der Waals surface area contributed by atoms with Crippen molar-refractivity contribution in [2.45, 2.75) is 66.3 Å². The van der Waals surface area contributed by atoms with Crippen LogP contribution >= 0.6 is 7.60 Å². The molecule has 0 saturated heterocycles. The Morgan fingerprint density at radius 3 is 2.23 bits per heavy atom. The highest BCUT2D eigenvalue weighted by Gasteiger charge is 2.29. The van der Waals surface area contributed by atoms with Crippen molar-refractivity contribution >= 4 is 18.6 Å². The van der Waals surface area contributed by atoms with Gasteiger partial charge in [-0.2, -0.15) is 4.98 Å². The average Bonchev–Trinajstić information content (AvgIpc) is 3.35. The molecule has 4 heterocycles. The molecule has 1 aliphatic carbocycles. The molecule has 236 valence electrons. The van der Waals surface area contributed by atoms with E-state index in [0.717, 1.165) is 48.2 Å². The van der Waals surface area contributed by atoms with Gasteiger partial charge in [-0.05, 0) is 90.5 Å². The van der Waals surface area contributed by atoms with Crippen molar-refractivity contribution in [1.82, 2.24) is 24.1 Å². The van der Waals surface area contributed by atoms with Crippen molar-refractivity contribution in [2.24, 2.45) is 5.92 Å². The minimum atomic E-state index is -3.26. The highest BCUT2D eigenvalue weighted by Crippen LogP contribution is 2.48. The lowest BCUT2D eigenvalue weighted by Crippen LogP contribution is -2.31. The topological polar surface area (TPSA) is 120 Å². The number of ether oxygens (including phenoxy) is 2. The zero-order valence-corrected chi connectivity index (χ0v) is 27.3. The van der Waals surface area contributed by atoms with Gasteiger partial charge < -0.3 is 18.5 Å². The third kappa shape index (κ3) is 6.66. The Morgan fingerprint density at radius 2 is 1.64 bits per heavy atom. The first-order valence-corrected chi connectivity index (χ1v) is 17.0. The van der Waals surface area contributed by atoms with Crippen molar-refractivity contribution in [1.29, 1.82) is 0 Å². The summed E-state index contributed by atoms with van der Waals surface area (Å²) in [5.74, 6) is 1.31. The Kier molecular flexibility index (Phi) is 10.00. The third-order valence-corrected chi connectivity index (χ3v) is 10.0. The number of rotatable bonds is 12. The molecule has 1 aliphatic rings. The van der Waals surface area contributed by atoms with E-state index in [4.69, 9.17) is 28.5 Å². The maximum absolute atomic E-state index is 14.3. The van der Waals surface area contributed by atoms with E-state index >= 15 is 0 Å². The minimum absolute atomic E-state index is 0.0561. The maximum Gasteiger partial charge on any atom is 0.356 e. The number of aromatic nitrogens is 5. The third-order valence-electron chi connectivity index (χ3n) is 8.23. The standard InChI is InChI=1S/C32H42N5O6P/c1-7-42-44(39,43-8-2)20-41-19-24-11-14-26(15-12-24)37-30-27(17-28(31(37)38)25-13-16-29(40-6)33-18-25)23(5)34-32(35-30)36-21(3)9-10-22(36)4/h9-10,13,16-18,24,26H,7-8,11-12,14-15,19-20H2,1-6H3. The molecule has 0 aliphatic heterocycles. The van der Waals surface area contributed by atoms with Gasteiger partial charge in [0.05, 0.1) is 32.6 Å². The maximum atomic E-state index is 14.3. The summed E-state index contributed by atoms with van der Waals surface area (Å²) in [5.41, 5.74) is 4.62. The average molecular weight is 624 g/mol. The van der Waals surface area contributed by atoms with Gasteiger partial charge in [-0.1, -0.05) is 0 Å². The lowest BCUT2D eigenvalue weighted by molar-refractivity contribution is 0.0871. The summed E-state index contributed by atoms with van der Waals surface area (Å²) >= 11 is 0. The first-order valence-electron chi connectivity index (χ1n) is 15.2. The van der Waals surface area contributed by atoms with Crippen molar-refractivity contribution in [3.05, 3.63) is 64.0 Å². The fraction of sp³-hybridized carbons (Fsp3) is 0.500. The number of hydrogen-bond acceptors (Lipinski definition) is 9. The quantitative estimate of drug-likeness (QED) is 0.162.